The van der Waals surface area contributed by atoms with E-state index in [2.05, 4.69) is 35.5 Å². The molecule has 0 fully saturated rings. The van der Waals surface area contributed by atoms with Crippen molar-refractivity contribution in [2.75, 3.05) is 32.6 Å². The van der Waals surface area contributed by atoms with Gasteiger partial charge in [0.05, 0.1) is 35.9 Å². The molecule has 176 valence electrons. The van der Waals surface area contributed by atoms with E-state index in [1.54, 1.807) is 23.9 Å². The van der Waals surface area contributed by atoms with Crippen molar-refractivity contribution in [3.63, 3.8) is 0 Å². The van der Waals surface area contributed by atoms with Gasteiger partial charge in [-0.2, -0.15) is 5.10 Å². The van der Waals surface area contributed by atoms with Gasteiger partial charge in [-0.1, -0.05) is 5.11 Å². The molecular formula is C22H25N9O2S. The standard InChI is InChI=1S/C22H25N9O2S/c1-31(2)22(32)12-3-4-14-18(8-12)34-21-19(14)20(24-11-25-21)28-16-7-13-10-27-29-15(13)9-17(16)33-6-5-26-30-23/h7,9-12,22,32H,3-6,8H2,1-2H3,(H,27,29)(H,24,25,28). The van der Waals surface area contributed by atoms with E-state index in [9.17, 15) is 5.11 Å². The van der Waals surface area contributed by atoms with Crippen molar-refractivity contribution in [3.8, 4) is 5.75 Å². The fourth-order valence-corrected chi connectivity index (χ4v) is 5.74. The third-order valence-corrected chi connectivity index (χ3v) is 7.30. The van der Waals surface area contributed by atoms with Crippen LogP contribution in [0.25, 0.3) is 31.6 Å². The second kappa shape index (κ2) is 9.43. The number of aliphatic hydroxyl groups is 1. The first kappa shape index (κ1) is 22.4. The smallest absolute Gasteiger partial charge is 0.144 e. The van der Waals surface area contributed by atoms with Gasteiger partial charge in [-0.05, 0) is 50.5 Å². The Morgan fingerprint density at radius 2 is 2.29 bits per heavy atom. The zero-order chi connectivity index (χ0) is 23.7. The molecule has 2 unspecified atom stereocenters. The molecule has 0 spiro atoms. The van der Waals surface area contributed by atoms with Crippen LogP contribution < -0.4 is 10.1 Å². The lowest BCUT2D eigenvalue weighted by atomic mass is 9.86. The fourth-order valence-electron chi connectivity index (χ4n) is 4.46. The molecule has 0 saturated carbocycles. The van der Waals surface area contributed by atoms with Gasteiger partial charge in [0.25, 0.3) is 0 Å². The van der Waals surface area contributed by atoms with Crippen LogP contribution in [-0.2, 0) is 12.8 Å². The molecule has 3 N–H and O–H groups in total. The quantitative estimate of drug-likeness (QED) is 0.114. The average molecular weight is 480 g/mol. The van der Waals surface area contributed by atoms with Crippen LogP contribution >= 0.6 is 11.3 Å². The number of H-pyrrole nitrogens is 1. The number of hydrogen-bond donors (Lipinski definition) is 3. The summed E-state index contributed by atoms with van der Waals surface area (Å²) in [5.74, 6) is 1.52. The van der Waals surface area contributed by atoms with Crippen molar-refractivity contribution in [1.29, 1.82) is 0 Å². The number of nitrogens with zero attached hydrogens (tertiary/aromatic N) is 7. The molecule has 0 bridgehead atoms. The number of aromatic nitrogens is 4. The molecular weight excluding hydrogens is 454 g/mol. The zero-order valence-corrected chi connectivity index (χ0v) is 19.7. The molecule has 0 aliphatic heterocycles. The zero-order valence-electron chi connectivity index (χ0n) is 18.9. The first-order valence-electron chi connectivity index (χ1n) is 11.0. The Bertz CT molecular complexity index is 1380. The Kier molecular flexibility index (Phi) is 6.20. The highest BCUT2D eigenvalue weighted by molar-refractivity contribution is 7.19. The third kappa shape index (κ3) is 4.24. The van der Waals surface area contributed by atoms with Crippen molar-refractivity contribution in [1.82, 2.24) is 25.1 Å². The first-order valence-corrected chi connectivity index (χ1v) is 11.8. The third-order valence-electron chi connectivity index (χ3n) is 6.14. The van der Waals surface area contributed by atoms with E-state index in [0.717, 1.165) is 51.9 Å². The summed E-state index contributed by atoms with van der Waals surface area (Å²) < 4.78 is 5.91. The largest absolute Gasteiger partial charge is 0.491 e. The fraction of sp³-hybridized carbons (Fsp3) is 0.409. The maximum absolute atomic E-state index is 10.5. The van der Waals surface area contributed by atoms with Gasteiger partial charge in [-0.3, -0.25) is 10.00 Å². The van der Waals surface area contributed by atoms with Crippen LogP contribution in [0.1, 0.15) is 16.9 Å². The van der Waals surface area contributed by atoms with E-state index >= 15 is 0 Å². The molecule has 2 atom stereocenters. The Hall–Kier alpha value is -3.44. The van der Waals surface area contributed by atoms with E-state index in [1.807, 2.05) is 31.1 Å². The predicted octanol–water partition coefficient (Wildman–Crippen LogP) is 3.99. The summed E-state index contributed by atoms with van der Waals surface area (Å²) in [4.78, 5) is 15.9. The number of azide groups is 1. The normalized spacial score (nSPS) is 16.4. The van der Waals surface area contributed by atoms with Crippen molar-refractivity contribution in [2.24, 2.45) is 11.0 Å². The summed E-state index contributed by atoms with van der Waals surface area (Å²) in [6.07, 6.45) is 5.45. The monoisotopic (exact) mass is 479 g/mol. The minimum absolute atomic E-state index is 0.194. The van der Waals surface area contributed by atoms with Crippen LogP contribution in [0, 0.1) is 5.92 Å². The number of aliphatic hydroxyl groups excluding tert-OH is 1. The summed E-state index contributed by atoms with van der Waals surface area (Å²) in [5, 5.41) is 26.6. The second-order valence-electron chi connectivity index (χ2n) is 8.52. The first-order chi connectivity index (χ1) is 16.5. The molecule has 4 aromatic rings. The maximum atomic E-state index is 10.5. The van der Waals surface area contributed by atoms with Crippen LogP contribution in [-0.4, -0.2) is 63.6 Å². The van der Waals surface area contributed by atoms with Gasteiger partial charge in [0.15, 0.2) is 0 Å². The number of nitrogens with one attached hydrogen (secondary N) is 2. The number of thiophene rings is 1. The molecule has 0 saturated heterocycles. The maximum Gasteiger partial charge on any atom is 0.144 e. The Morgan fingerprint density at radius 3 is 3.12 bits per heavy atom. The van der Waals surface area contributed by atoms with Crippen LogP contribution in [0.15, 0.2) is 29.8 Å². The Labute approximate surface area is 199 Å². The number of ether oxygens (including phenoxy) is 1. The summed E-state index contributed by atoms with van der Waals surface area (Å²) >= 11 is 1.67. The minimum Gasteiger partial charge on any atom is -0.491 e. The number of rotatable bonds is 8. The summed E-state index contributed by atoms with van der Waals surface area (Å²) in [6.45, 7) is 0.480. The molecule has 3 heterocycles. The molecule has 0 radical (unpaired) electrons. The highest BCUT2D eigenvalue weighted by atomic mass is 32.1. The van der Waals surface area contributed by atoms with Crippen LogP contribution in [0.3, 0.4) is 0 Å². The average Bonchev–Trinajstić information content (AvgIpc) is 3.44. The number of benzene rings is 1. The SMILES string of the molecule is CN(C)C(O)C1CCc2c(sc3ncnc(Nc4cc5cn[nH]c5cc4OCCN=[N+]=[N-])c23)C1. The van der Waals surface area contributed by atoms with Gasteiger partial charge in [-0.15, -0.1) is 11.3 Å². The molecule has 1 aliphatic rings. The number of aromatic amines is 1. The topological polar surface area (TPSA) is 148 Å². The van der Waals surface area contributed by atoms with Crippen molar-refractivity contribution >= 4 is 44.0 Å². The Morgan fingerprint density at radius 1 is 1.41 bits per heavy atom. The van der Waals surface area contributed by atoms with E-state index in [1.165, 1.54) is 10.4 Å². The van der Waals surface area contributed by atoms with Gasteiger partial charge >= 0.3 is 0 Å². The van der Waals surface area contributed by atoms with Crippen LogP contribution in [0.2, 0.25) is 0 Å². The van der Waals surface area contributed by atoms with Gasteiger partial charge in [0, 0.05) is 27.2 Å². The van der Waals surface area contributed by atoms with Crippen LogP contribution in [0.5, 0.6) is 5.75 Å². The summed E-state index contributed by atoms with van der Waals surface area (Å²) in [7, 11) is 3.81. The van der Waals surface area contributed by atoms with Crippen LogP contribution in [0.4, 0.5) is 11.5 Å². The minimum atomic E-state index is -0.464. The lowest BCUT2D eigenvalue weighted by Gasteiger charge is -2.30. The molecule has 0 amide bonds. The number of anilines is 2. The molecule has 1 aliphatic carbocycles. The summed E-state index contributed by atoms with van der Waals surface area (Å²) in [6, 6.07) is 3.83. The van der Waals surface area contributed by atoms with E-state index in [-0.39, 0.29) is 19.1 Å². The molecule has 12 heteroatoms. The van der Waals surface area contributed by atoms with E-state index in [4.69, 9.17) is 10.3 Å². The van der Waals surface area contributed by atoms with E-state index in [0.29, 0.717) is 5.75 Å². The van der Waals surface area contributed by atoms with Crippen molar-refractivity contribution in [2.45, 2.75) is 25.5 Å². The second-order valence-corrected chi connectivity index (χ2v) is 9.60. The molecule has 5 rings (SSSR count). The van der Waals surface area contributed by atoms with E-state index < -0.39 is 6.23 Å². The van der Waals surface area contributed by atoms with Crippen molar-refractivity contribution < 1.29 is 9.84 Å². The molecule has 1 aromatic carbocycles. The highest BCUT2D eigenvalue weighted by Crippen LogP contribution is 2.42. The molecule has 3 aromatic heterocycles. The lowest BCUT2D eigenvalue weighted by Crippen LogP contribution is -2.37. The van der Waals surface area contributed by atoms with Gasteiger partial charge in [0.2, 0.25) is 0 Å². The van der Waals surface area contributed by atoms with Gasteiger partial charge < -0.3 is 15.2 Å². The summed E-state index contributed by atoms with van der Waals surface area (Å²) in [5.41, 5.74) is 11.4. The molecule has 34 heavy (non-hydrogen) atoms. The number of aryl methyl sites for hydroxylation is 1. The Balaban J connectivity index is 1.49. The number of fused-ring (bicyclic) bond motifs is 4. The van der Waals surface area contributed by atoms with Crippen molar-refractivity contribution in [3.05, 3.63) is 45.5 Å². The van der Waals surface area contributed by atoms with Gasteiger partial charge in [-0.25, -0.2) is 9.97 Å². The molecule has 11 nitrogen and oxygen atoms in total. The lowest BCUT2D eigenvalue weighted by molar-refractivity contribution is -0.0142. The van der Waals surface area contributed by atoms with Gasteiger partial charge in [0.1, 0.15) is 29.0 Å². The number of hydrogen-bond acceptors (Lipinski definition) is 9. The highest BCUT2D eigenvalue weighted by Gasteiger charge is 2.30. The predicted molar refractivity (Wildman–Crippen MR) is 132 cm³/mol.